The van der Waals surface area contributed by atoms with Crippen LogP contribution in [0.5, 0.6) is 0 Å². The summed E-state index contributed by atoms with van der Waals surface area (Å²) in [5.74, 6) is 0.328. The van der Waals surface area contributed by atoms with Crippen molar-refractivity contribution >= 4 is 6.09 Å². The second-order valence-corrected chi connectivity index (χ2v) is 5.04. The van der Waals surface area contributed by atoms with Crippen molar-refractivity contribution in [3.8, 4) is 0 Å². The van der Waals surface area contributed by atoms with Crippen molar-refractivity contribution < 1.29 is 15.0 Å². The van der Waals surface area contributed by atoms with Crippen LogP contribution in [0.15, 0.2) is 30.3 Å². The lowest BCUT2D eigenvalue weighted by Gasteiger charge is -2.29. The molecule has 3 rings (SSSR count). The van der Waals surface area contributed by atoms with Crippen LogP contribution in [0.25, 0.3) is 0 Å². The Bertz CT molecular complexity index is 443. The molecule has 17 heavy (non-hydrogen) atoms. The minimum Gasteiger partial charge on any atom is -0.465 e. The summed E-state index contributed by atoms with van der Waals surface area (Å²) in [6, 6.07) is 9.44. The zero-order valence-electron chi connectivity index (χ0n) is 9.41. The van der Waals surface area contributed by atoms with Crippen molar-refractivity contribution in [3.05, 3.63) is 35.9 Å². The first-order valence-corrected chi connectivity index (χ1v) is 5.84. The van der Waals surface area contributed by atoms with Crippen molar-refractivity contribution in [2.75, 3.05) is 13.2 Å². The van der Waals surface area contributed by atoms with Crippen LogP contribution in [-0.2, 0) is 0 Å². The third kappa shape index (κ3) is 1.37. The van der Waals surface area contributed by atoms with E-state index < -0.39 is 6.09 Å². The molecule has 1 amide bonds. The van der Waals surface area contributed by atoms with Gasteiger partial charge in [0.1, 0.15) is 0 Å². The summed E-state index contributed by atoms with van der Waals surface area (Å²) < 4.78 is 0. The Labute approximate surface area is 99.5 Å². The summed E-state index contributed by atoms with van der Waals surface area (Å²) in [4.78, 5) is 12.7. The number of piperidine rings is 1. The zero-order chi connectivity index (χ0) is 12.0. The molecule has 1 aliphatic heterocycles. The largest absolute Gasteiger partial charge is 0.465 e. The van der Waals surface area contributed by atoms with Crippen molar-refractivity contribution in [1.82, 2.24) is 4.90 Å². The fourth-order valence-electron chi connectivity index (χ4n) is 3.25. The number of fused-ring (bicyclic) bond motifs is 1. The number of aliphatic hydroxyl groups is 1. The average Bonchev–Trinajstić information content (AvgIpc) is 2.96. The molecule has 4 nitrogen and oxygen atoms in total. The van der Waals surface area contributed by atoms with E-state index in [4.69, 9.17) is 0 Å². The number of amides is 1. The van der Waals surface area contributed by atoms with Crippen LogP contribution < -0.4 is 0 Å². The SMILES string of the molecule is O=C(O)N1CC2C[C@@]2(CO)[C@@H]1c1ccccc1. The predicted octanol–water partition coefficient (Wildman–Crippen LogP) is 1.72. The van der Waals surface area contributed by atoms with E-state index in [1.807, 2.05) is 30.3 Å². The number of carbonyl (C=O) groups is 1. The Morgan fingerprint density at radius 1 is 1.41 bits per heavy atom. The van der Waals surface area contributed by atoms with E-state index in [-0.39, 0.29) is 18.1 Å². The van der Waals surface area contributed by atoms with E-state index in [9.17, 15) is 15.0 Å². The number of rotatable bonds is 2. The van der Waals surface area contributed by atoms with Gasteiger partial charge in [0.15, 0.2) is 0 Å². The van der Waals surface area contributed by atoms with E-state index in [0.717, 1.165) is 12.0 Å². The molecule has 0 radical (unpaired) electrons. The number of likely N-dealkylation sites (tertiary alicyclic amines) is 1. The van der Waals surface area contributed by atoms with E-state index in [1.54, 1.807) is 0 Å². The molecule has 90 valence electrons. The molecule has 1 saturated heterocycles. The summed E-state index contributed by atoms with van der Waals surface area (Å²) in [7, 11) is 0. The summed E-state index contributed by atoms with van der Waals surface area (Å²) in [6.07, 6.45) is 0.0474. The van der Waals surface area contributed by atoms with Crippen molar-refractivity contribution in [2.24, 2.45) is 11.3 Å². The maximum atomic E-state index is 11.3. The molecule has 2 aliphatic rings. The van der Waals surface area contributed by atoms with Gasteiger partial charge in [0.25, 0.3) is 0 Å². The third-order valence-electron chi connectivity index (χ3n) is 4.21. The van der Waals surface area contributed by atoms with Crippen molar-refractivity contribution in [2.45, 2.75) is 12.5 Å². The van der Waals surface area contributed by atoms with Gasteiger partial charge in [0.2, 0.25) is 0 Å². The van der Waals surface area contributed by atoms with Gasteiger partial charge in [-0.15, -0.1) is 0 Å². The number of aliphatic hydroxyl groups excluding tert-OH is 1. The van der Waals surface area contributed by atoms with Gasteiger partial charge in [-0.3, -0.25) is 0 Å². The van der Waals surface area contributed by atoms with Crippen LogP contribution in [0.3, 0.4) is 0 Å². The van der Waals surface area contributed by atoms with Crippen LogP contribution >= 0.6 is 0 Å². The normalized spacial score (nSPS) is 34.5. The predicted molar refractivity (Wildman–Crippen MR) is 61.5 cm³/mol. The van der Waals surface area contributed by atoms with Gasteiger partial charge in [-0.25, -0.2) is 4.79 Å². The molecule has 4 heteroatoms. The quantitative estimate of drug-likeness (QED) is 0.817. The molecule has 1 aliphatic carbocycles. The number of carboxylic acid groups (broad SMARTS) is 1. The fraction of sp³-hybridized carbons (Fsp3) is 0.462. The van der Waals surface area contributed by atoms with Crippen LogP contribution in [0.1, 0.15) is 18.0 Å². The molecule has 1 saturated carbocycles. The van der Waals surface area contributed by atoms with E-state index in [1.165, 1.54) is 4.90 Å². The highest BCUT2D eigenvalue weighted by molar-refractivity contribution is 5.67. The maximum absolute atomic E-state index is 11.3. The van der Waals surface area contributed by atoms with Crippen molar-refractivity contribution in [1.29, 1.82) is 0 Å². The molecule has 2 N–H and O–H groups in total. The Kier molecular flexibility index (Phi) is 2.16. The van der Waals surface area contributed by atoms with Gasteiger partial charge < -0.3 is 15.1 Å². The second kappa shape index (κ2) is 3.47. The fourth-order valence-corrected chi connectivity index (χ4v) is 3.25. The highest BCUT2D eigenvalue weighted by atomic mass is 16.4. The summed E-state index contributed by atoms with van der Waals surface area (Å²) >= 11 is 0. The Balaban J connectivity index is 2.00. The van der Waals surface area contributed by atoms with Gasteiger partial charge in [-0.05, 0) is 17.9 Å². The van der Waals surface area contributed by atoms with E-state index in [0.29, 0.717) is 12.5 Å². The first-order valence-electron chi connectivity index (χ1n) is 5.84. The number of nitrogens with zero attached hydrogens (tertiary/aromatic N) is 1. The molecule has 0 bridgehead atoms. The second-order valence-electron chi connectivity index (χ2n) is 5.04. The van der Waals surface area contributed by atoms with E-state index in [2.05, 4.69) is 0 Å². The van der Waals surface area contributed by atoms with Gasteiger partial charge >= 0.3 is 6.09 Å². The van der Waals surface area contributed by atoms with Gasteiger partial charge in [-0.1, -0.05) is 30.3 Å². The van der Waals surface area contributed by atoms with Gasteiger partial charge in [-0.2, -0.15) is 0 Å². The summed E-state index contributed by atoms with van der Waals surface area (Å²) in [6.45, 7) is 0.621. The highest BCUT2D eigenvalue weighted by Crippen LogP contribution is 2.66. The first kappa shape index (κ1) is 10.6. The Hall–Kier alpha value is -1.55. The first-order chi connectivity index (χ1) is 8.19. The van der Waals surface area contributed by atoms with Gasteiger partial charge in [0.05, 0.1) is 12.6 Å². The smallest absolute Gasteiger partial charge is 0.407 e. The average molecular weight is 233 g/mol. The van der Waals surface area contributed by atoms with Crippen LogP contribution in [0, 0.1) is 11.3 Å². The molecule has 0 aromatic heterocycles. The minimum absolute atomic E-state index is 0.0704. The maximum Gasteiger partial charge on any atom is 0.407 e. The monoisotopic (exact) mass is 233 g/mol. The molecule has 1 aromatic carbocycles. The minimum atomic E-state index is -0.890. The number of hydrogen-bond acceptors (Lipinski definition) is 2. The molecule has 2 fully saturated rings. The lowest BCUT2D eigenvalue weighted by molar-refractivity contribution is 0.103. The topological polar surface area (TPSA) is 60.8 Å². The number of hydrogen-bond donors (Lipinski definition) is 2. The summed E-state index contributed by atoms with van der Waals surface area (Å²) in [5.41, 5.74) is 0.767. The van der Waals surface area contributed by atoms with E-state index >= 15 is 0 Å². The third-order valence-corrected chi connectivity index (χ3v) is 4.21. The van der Waals surface area contributed by atoms with Crippen LogP contribution in [-0.4, -0.2) is 34.4 Å². The Morgan fingerprint density at radius 2 is 2.12 bits per heavy atom. The zero-order valence-corrected chi connectivity index (χ0v) is 9.41. The highest BCUT2D eigenvalue weighted by Gasteiger charge is 2.67. The molecular formula is C13H15NO3. The van der Waals surface area contributed by atoms with Gasteiger partial charge in [0, 0.05) is 12.0 Å². The van der Waals surface area contributed by atoms with Crippen LogP contribution in [0.4, 0.5) is 4.79 Å². The molecule has 1 aromatic rings. The molecular weight excluding hydrogens is 218 g/mol. The summed E-state index contributed by atoms with van der Waals surface area (Å²) in [5, 5.41) is 18.8. The lowest BCUT2D eigenvalue weighted by Crippen LogP contribution is -2.35. The van der Waals surface area contributed by atoms with Crippen molar-refractivity contribution in [3.63, 3.8) is 0 Å². The molecule has 0 spiro atoms. The lowest BCUT2D eigenvalue weighted by atomic mass is 9.91. The molecule has 1 unspecified atom stereocenters. The van der Waals surface area contributed by atoms with Crippen LogP contribution in [0.2, 0.25) is 0 Å². The Morgan fingerprint density at radius 3 is 2.71 bits per heavy atom. The molecule has 3 atom stereocenters. The molecule has 1 heterocycles. The number of benzene rings is 1. The standard InChI is InChI=1S/C13H15NO3/c15-8-13-6-10(13)7-14(12(16)17)11(13)9-4-2-1-3-5-9/h1-5,10-11,15H,6-8H2,(H,16,17)/t10?,11-,13-/m0/s1.